The number of nitrogens with zero attached hydrogens (tertiary/aromatic N) is 1. The molecule has 6 heteroatoms. The van der Waals surface area contributed by atoms with E-state index in [1.54, 1.807) is 29.2 Å². The lowest BCUT2D eigenvalue weighted by Crippen LogP contribution is -2.53. The highest BCUT2D eigenvalue weighted by molar-refractivity contribution is 5.91. The highest BCUT2D eigenvalue weighted by atomic mass is 19.1. The highest BCUT2D eigenvalue weighted by Gasteiger charge is 2.48. The van der Waals surface area contributed by atoms with Crippen LogP contribution in [0.5, 0.6) is 5.75 Å². The molecule has 0 bridgehead atoms. The van der Waals surface area contributed by atoms with Crippen LogP contribution in [-0.2, 0) is 11.4 Å². The lowest BCUT2D eigenvalue weighted by atomic mass is 9.77. The van der Waals surface area contributed by atoms with Gasteiger partial charge in [0.15, 0.2) is 0 Å². The predicted molar refractivity (Wildman–Crippen MR) is 137 cm³/mol. The first-order valence-corrected chi connectivity index (χ1v) is 12.3. The van der Waals surface area contributed by atoms with Crippen LogP contribution in [0, 0.1) is 11.6 Å². The van der Waals surface area contributed by atoms with Crippen molar-refractivity contribution in [3.05, 3.63) is 137 Å². The number of amides is 1. The number of benzene rings is 4. The molecular weight excluding hydrogens is 472 g/mol. The van der Waals surface area contributed by atoms with E-state index in [9.17, 15) is 18.7 Å². The van der Waals surface area contributed by atoms with Crippen molar-refractivity contribution in [1.82, 2.24) is 4.90 Å². The average molecular weight is 500 g/mol. The fourth-order valence-electron chi connectivity index (χ4n) is 4.78. The van der Waals surface area contributed by atoms with Crippen LogP contribution in [0.1, 0.15) is 46.7 Å². The smallest absolute Gasteiger partial charge is 0.233 e. The van der Waals surface area contributed by atoms with Crippen molar-refractivity contribution in [1.29, 1.82) is 0 Å². The number of halogens is 2. The molecule has 1 amide bonds. The minimum absolute atomic E-state index is 0.0569. The maximum Gasteiger partial charge on any atom is 0.233 e. The zero-order valence-electron chi connectivity index (χ0n) is 20.1. The van der Waals surface area contributed by atoms with Crippen LogP contribution < -0.4 is 4.74 Å². The van der Waals surface area contributed by atoms with Crippen molar-refractivity contribution < 1.29 is 23.4 Å². The predicted octanol–water partition coefficient (Wildman–Crippen LogP) is 6.33. The number of rotatable bonds is 9. The number of ether oxygens (including phenoxy) is 1. The Hall–Kier alpha value is -4.03. The van der Waals surface area contributed by atoms with Gasteiger partial charge in [-0.2, -0.15) is 0 Å². The monoisotopic (exact) mass is 499 g/mol. The van der Waals surface area contributed by atoms with Crippen LogP contribution >= 0.6 is 0 Å². The van der Waals surface area contributed by atoms with Gasteiger partial charge >= 0.3 is 0 Å². The summed E-state index contributed by atoms with van der Waals surface area (Å²) in [6.07, 6.45) is -0.531. The molecule has 0 aromatic heterocycles. The minimum atomic E-state index is -0.831. The molecule has 0 aliphatic carbocycles. The van der Waals surface area contributed by atoms with E-state index in [2.05, 4.69) is 0 Å². The van der Waals surface area contributed by atoms with E-state index in [1.165, 1.54) is 24.3 Å². The van der Waals surface area contributed by atoms with Crippen LogP contribution in [0.4, 0.5) is 8.78 Å². The molecule has 0 unspecified atom stereocenters. The third kappa shape index (κ3) is 5.54. The van der Waals surface area contributed by atoms with Gasteiger partial charge in [0.1, 0.15) is 24.0 Å². The summed E-state index contributed by atoms with van der Waals surface area (Å²) in [5.74, 6) is -0.485. The fourth-order valence-corrected chi connectivity index (χ4v) is 4.78. The van der Waals surface area contributed by atoms with Crippen LogP contribution in [-0.4, -0.2) is 22.5 Å². The van der Waals surface area contributed by atoms with Gasteiger partial charge in [-0.15, -0.1) is 0 Å². The maximum atomic E-state index is 13.6. The van der Waals surface area contributed by atoms with Gasteiger partial charge in [0, 0.05) is 6.54 Å². The van der Waals surface area contributed by atoms with E-state index in [4.69, 9.17) is 4.74 Å². The summed E-state index contributed by atoms with van der Waals surface area (Å²) < 4.78 is 32.7. The van der Waals surface area contributed by atoms with Gasteiger partial charge < -0.3 is 14.7 Å². The topological polar surface area (TPSA) is 49.8 Å². The first kappa shape index (κ1) is 24.7. The van der Waals surface area contributed by atoms with Gasteiger partial charge in [-0.3, -0.25) is 4.79 Å². The first-order chi connectivity index (χ1) is 18.0. The van der Waals surface area contributed by atoms with Crippen molar-refractivity contribution >= 4 is 5.91 Å². The SMILES string of the molecule is O=C1[C@@H](c2ccc(OCc3ccccc3)cc2)[C@@H](c2ccc(F)cc2)N1CC[C@H](O)c1ccc(F)cc1. The van der Waals surface area contributed by atoms with Gasteiger partial charge in [0.05, 0.1) is 18.1 Å². The molecule has 188 valence electrons. The molecule has 1 saturated heterocycles. The number of aliphatic hydroxyl groups excluding tert-OH is 1. The van der Waals surface area contributed by atoms with E-state index >= 15 is 0 Å². The van der Waals surface area contributed by atoms with E-state index in [1.807, 2.05) is 54.6 Å². The lowest BCUT2D eigenvalue weighted by molar-refractivity contribution is -0.151. The third-order valence-electron chi connectivity index (χ3n) is 6.80. The van der Waals surface area contributed by atoms with Crippen molar-refractivity contribution in [2.24, 2.45) is 0 Å². The van der Waals surface area contributed by atoms with E-state index < -0.39 is 12.0 Å². The molecule has 0 saturated carbocycles. The Bertz CT molecular complexity index is 1330. The Morgan fingerprint density at radius 1 is 0.784 bits per heavy atom. The molecule has 0 radical (unpaired) electrons. The Kier molecular flexibility index (Phi) is 7.28. The molecule has 1 aliphatic heterocycles. The number of β-lactam (4-membered cyclic amide) rings is 1. The molecule has 5 rings (SSSR count). The van der Waals surface area contributed by atoms with Crippen LogP contribution in [0.2, 0.25) is 0 Å². The summed E-state index contributed by atoms with van der Waals surface area (Å²) in [7, 11) is 0. The zero-order chi connectivity index (χ0) is 25.8. The molecule has 1 heterocycles. The van der Waals surface area contributed by atoms with E-state index in [0.717, 1.165) is 16.7 Å². The van der Waals surface area contributed by atoms with Crippen molar-refractivity contribution in [3.63, 3.8) is 0 Å². The summed E-state index contributed by atoms with van der Waals surface area (Å²) in [5.41, 5.74) is 3.33. The molecule has 1 N–H and O–H groups in total. The average Bonchev–Trinajstić information content (AvgIpc) is 2.93. The number of carbonyl (C=O) groups is 1. The molecule has 4 nitrogen and oxygen atoms in total. The minimum Gasteiger partial charge on any atom is -0.489 e. The van der Waals surface area contributed by atoms with Gasteiger partial charge in [-0.05, 0) is 65.1 Å². The zero-order valence-corrected chi connectivity index (χ0v) is 20.1. The summed E-state index contributed by atoms with van der Waals surface area (Å²) in [6, 6.07) is 28.9. The van der Waals surface area contributed by atoms with Crippen molar-refractivity contribution in [2.45, 2.75) is 31.1 Å². The maximum absolute atomic E-state index is 13.6. The van der Waals surface area contributed by atoms with Gasteiger partial charge in [0.2, 0.25) is 5.91 Å². The van der Waals surface area contributed by atoms with Crippen molar-refractivity contribution in [2.75, 3.05) is 6.54 Å². The Morgan fingerprint density at radius 2 is 1.38 bits per heavy atom. The second kappa shape index (κ2) is 10.9. The summed E-state index contributed by atoms with van der Waals surface area (Å²) in [6.45, 7) is 0.763. The van der Waals surface area contributed by atoms with E-state index in [0.29, 0.717) is 30.9 Å². The van der Waals surface area contributed by atoms with Crippen molar-refractivity contribution in [3.8, 4) is 5.75 Å². The number of hydrogen-bond acceptors (Lipinski definition) is 3. The number of likely N-dealkylation sites (tertiary alicyclic amines) is 1. The standard InChI is InChI=1S/C31H27F2NO3/c32-25-12-6-22(7-13-25)28(35)18-19-34-30(24-8-14-26(33)15-9-24)29(31(34)36)23-10-16-27(17-11-23)37-20-21-4-2-1-3-5-21/h1-17,28-30,35H,18-20H2/t28-,29-,30+/m0/s1. The largest absolute Gasteiger partial charge is 0.489 e. The number of hydrogen-bond donors (Lipinski definition) is 1. The third-order valence-corrected chi connectivity index (χ3v) is 6.80. The van der Waals surface area contributed by atoms with E-state index in [-0.39, 0.29) is 23.6 Å². The van der Waals surface area contributed by atoms with Crippen LogP contribution in [0.25, 0.3) is 0 Å². The van der Waals surface area contributed by atoms with Crippen LogP contribution in [0.3, 0.4) is 0 Å². The Morgan fingerprint density at radius 3 is 2.03 bits per heavy atom. The molecule has 4 aromatic carbocycles. The summed E-state index contributed by atoms with van der Waals surface area (Å²) in [4.78, 5) is 15.0. The van der Waals surface area contributed by atoms with Gasteiger partial charge in [-0.25, -0.2) is 8.78 Å². The second-order valence-electron chi connectivity index (χ2n) is 9.21. The Balaban J connectivity index is 1.30. The van der Waals surface area contributed by atoms with Gasteiger partial charge in [-0.1, -0.05) is 66.7 Å². The molecular formula is C31H27F2NO3. The van der Waals surface area contributed by atoms with Crippen LogP contribution in [0.15, 0.2) is 103 Å². The number of carbonyl (C=O) groups excluding carboxylic acids is 1. The fraction of sp³-hybridized carbons (Fsp3) is 0.194. The first-order valence-electron chi connectivity index (χ1n) is 12.3. The molecule has 37 heavy (non-hydrogen) atoms. The Labute approximate surface area is 214 Å². The quantitative estimate of drug-likeness (QED) is 0.274. The molecule has 1 aliphatic rings. The van der Waals surface area contributed by atoms with Gasteiger partial charge in [0.25, 0.3) is 0 Å². The number of aliphatic hydroxyl groups is 1. The molecule has 1 fully saturated rings. The highest BCUT2D eigenvalue weighted by Crippen LogP contribution is 2.47. The molecule has 3 atom stereocenters. The molecule has 4 aromatic rings. The lowest BCUT2D eigenvalue weighted by Gasteiger charge is -2.48. The second-order valence-corrected chi connectivity index (χ2v) is 9.21. The summed E-state index contributed by atoms with van der Waals surface area (Å²) in [5, 5.41) is 10.6. The summed E-state index contributed by atoms with van der Waals surface area (Å²) >= 11 is 0. The molecule has 0 spiro atoms. The normalized spacial score (nSPS) is 17.8.